The molecule has 0 spiro atoms. The number of ether oxygens (including phenoxy) is 1. The number of nitrogens with one attached hydrogen (secondary N) is 1. The topological polar surface area (TPSA) is 113 Å². The molecule has 9 nitrogen and oxygen atoms in total. The molecule has 0 bridgehead atoms. The third-order valence-corrected chi connectivity index (χ3v) is 9.11. The maximum absolute atomic E-state index is 13.1. The largest absolute Gasteiger partial charge is 0.373 e. The average Bonchev–Trinajstić information content (AvgIpc) is 2.74. The van der Waals surface area contributed by atoms with E-state index in [0.717, 1.165) is 4.31 Å². The van der Waals surface area contributed by atoms with Crippen molar-refractivity contribution in [3.05, 3.63) is 53.6 Å². The number of carbonyl (C=O) groups is 1. The molecule has 1 amide bonds. The third kappa shape index (κ3) is 5.44. The molecule has 1 aliphatic heterocycles. The van der Waals surface area contributed by atoms with Crippen LogP contribution in [0, 0.1) is 6.92 Å². The lowest BCUT2D eigenvalue weighted by Gasteiger charge is -2.34. The minimum Gasteiger partial charge on any atom is -0.373 e. The highest BCUT2D eigenvalue weighted by molar-refractivity contribution is 7.89. The molecule has 1 fully saturated rings. The van der Waals surface area contributed by atoms with E-state index in [2.05, 4.69) is 5.32 Å². The van der Waals surface area contributed by atoms with Gasteiger partial charge in [0.25, 0.3) is 5.91 Å². The molecule has 2 aromatic rings. The Kier molecular flexibility index (Phi) is 7.30. The summed E-state index contributed by atoms with van der Waals surface area (Å²) in [5.74, 6) is -0.548. The number of hydrogen-bond acceptors (Lipinski definition) is 6. The highest BCUT2D eigenvalue weighted by atomic mass is 32.2. The van der Waals surface area contributed by atoms with Crippen molar-refractivity contribution in [3.8, 4) is 0 Å². The van der Waals surface area contributed by atoms with Crippen LogP contribution in [0.1, 0.15) is 29.8 Å². The summed E-state index contributed by atoms with van der Waals surface area (Å²) in [7, 11) is -4.64. The molecule has 1 aliphatic rings. The van der Waals surface area contributed by atoms with Crippen molar-refractivity contribution < 1.29 is 26.4 Å². The minimum atomic E-state index is -3.81. The molecule has 0 saturated carbocycles. The number of carbonyl (C=O) groups excluding carboxylic acids is 1. The number of benzene rings is 2. The molecule has 0 radical (unpaired) electrons. The minimum absolute atomic E-state index is 0.0104. The van der Waals surface area contributed by atoms with Gasteiger partial charge in [0.05, 0.1) is 22.0 Å². The Morgan fingerprint density at radius 1 is 1.03 bits per heavy atom. The van der Waals surface area contributed by atoms with E-state index in [-0.39, 0.29) is 46.3 Å². The van der Waals surface area contributed by atoms with Crippen LogP contribution < -0.4 is 5.32 Å². The van der Waals surface area contributed by atoms with E-state index in [1.54, 1.807) is 19.1 Å². The number of sulfonamides is 2. The first-order valence-corrected chi connectivity index (χ1v) is 13.3. The molecule has 180 valence electrons. The van der Waals surface area contributed by atoms with Gasteiger partial charge in [0.15, 0.2) is 0 Å². The van der Waals surface area contributed by atoms with Crippen LogP contribution in [0.4, 0.5) is 5.69 Å². The Morgan fingerprint density at radius 2 is 1.67 bits per heavy atom. The molecule has 33 heavy (non-hydrogen) atoms. The zero-order valence-corrected chi connectivity index (χ0v) is 20.9. The smallest absolute Gasteiger partial charge is 0.255 e. The van der Waals surface area contributed by atoms with Gasteiger partial charge in [-0.25, -0.2) is 21.1 Å². The predicted octanol–water partition coefficient (Wildman–Crippen LogP) is 2.30. The molecular formula is C22H29N3O6S2. The Balaban J connectivity index is 1.86. The normalized spacial score (nSPS) is 20.1. The lowest BCUT2D eigenvalue weighted by Crippen LogP contribution is -2.48. The molecule has 0 aromatic heterocycles. The van der Waals surface area contributed by atoms with Gasteiger partial charge < -0.3 is 10.1 Å². The Labute approximate surface area is 195 Å². The van der Waals surface area contributed by atoms with Gasteiger partial charge in [0, 0.05) is 38.4 Å². The van der Waals surface area contributed by atoms with E-state index >= 15 is 0 Å². The van der Waals surface area contributed by atoms with Gasteiger partial charge in [-0.15, -0.1) is 0 Å². The number of morpholine rings is 1. The van der Waals surface area contributed by atoms with Crippen LogP contribution >= 0.6 is 0 Å². The van der Waals surface area contributed by atoms with Crippen molar-refractivity contribution in [2.75, 3.05) is 32.5 Å². The molecule has 3 rings (SSSR count). The fourth-order valence-corrected chi connectivity index (χ4v) is 6.41. The Morgan fingerprint density at radius 3 is 2.27 bits per heavy atom. The van der Waals surface area contributed by atoms with Crippen LogP contribution in [0.15, 0.2) is 52.3 Å². The summed E-state index contributed by atoms with van der Waals surface area (Å²) >= 11 is 0. The van der Waals surface area contributed by atoms with E-state index in [9.17, 15) is 21.6 Å². The molecular weight excluding hydrogens is 466 g/mol. The number of aryl methyl sites for hydroxylation is 1. The molecule has 2 unspecified atom stereocenters. The van der Waals surface area contributed by atoms with E-state index in [1.807, 2.05) is 13.8 Å². The second-order valence-corrected chi connectivity index (χ2v) is 12.4. The first-order valence-electron chi connectivity index (χ1n) is 10.4. The second-order valence-electron chi connectivity index (χ2n) is 8.33. The highest BCUT2D eigenvalue weighted by Gasteiger charge is 2.32. The van der Waals surface area contributed by atoms with Crippen LogP contribution in [0.3, 0.4) is 0 Å². The number of anilines is 1. The summed E-state index contributed by atoms with van der Waals surface area (Å²) in [6, 6.07) is 10.4. The molecule has 1 N–H and O–H groups in total. The lowest BCUT2D eigenvalue weighted by atomic mass is 10.2. The molecule has 1 saturated heterocycles. The zero-order valence-electron chi connectivity index (χ0n) is 19.3. The third-order valence-electron chi connectivity index (χ3n) is 5.32. The summed E-state index contributed by atoms with van der Waals surface area (Å²) in [5.41, 5.74) is 0.974. The SMILES string of the molecule is Cc1ccc(NC(=O)c2cccc(S(=O)(=O)N3CC(C)OC(C)C3)c2)cc1S(=O)(=O)N(C)C. The van der Waals surface area contributed by atoms with Gasteiger partial charge in [0.2, 0.25) is 20.0 Å². The summed E-state index contributed by atoms with van der Waals surface area (Å²) in [5, 5.41) is 2.66. The molecule has 2 aromatic carbocycles. The van der Waals surface area contributed by atoms with E-state index in [0.29, 0.717) is 5.56 Å². The Hall–Kier alpha value is -2.31. The van der Waals surface area contributed by atoms with Crippen molar-refractivity contribution in [1.29, 1.82) is 0 Å². The van der Waals surface area contributed by atoms with Crippen molar-refractivity contribution in [1.82, 2.24) is 8.61 Å². The number of hydrogen-bond donors (Lipinski definition) is 1. The van der Waals surface area contributed by atoms with Gasteiger partial charge in [-0.2, -0.15) is 4.31 Å². The number of rotatable bonds is 6. The number of nitrogens with zero attached hydrogens (tertiary/aromatic N) is 2. The van der Waals surface area contributed by atoms with Crippen molar-refractivity contribution in [3.63, 3.8) is 0 Å². The van der Waals surface area contributed by atoms with Crippen molar-refractivity contribution >= 4 is 31.6 Å². The maximum Gasteiger partial charge on any atom is 0.255 e. The standard InChI is InChI=1S/C22H29N3O6S2/c1-15-9-10-19(12-21(15)33(29,30)24(4)5)23-22(26)18-7-6-8-20(11-18)32(27,28)25-13-16(2)31-17(3)14-25/h6-12,16-17H,13-14H2,1-5H3,(H,23,26). The van der Waals surface area contributed by atoms with Crippen LogP contribution in [0.2, 0.25) is 0 Å². The van der Waals surface area contributed by atoms with E-state index in [1.165, 1.54) is 48.7 Å². The van der Waals surface area contributed by atoms with E-state index < -0.39 is 26.0 Å². The maximum atomic E-state index is 13.1. The average molecular weight is 496 g/mol. The van der Waals surface area contributed by atoms with Gasteiger partial charge in [-0.05, 0) is 56.7 Å². The van der Waals surface area contributed by atoms with Gasteiger partial charge in [-0.3, -0.25) is 4.79 Å². The molecule has 1 heterocycles. The summed E-state index contributed by atoms with van der Waals surface area (Å²) in [4.78, 5) is 12.9. The van der Waals surface area contributed by atoms with Gasteiger partial charge in [-0.1, -0.05) is 12.1 Å². The fraction of sp³-hybridized carbons (Fsp3) is 0.409. The molecule has 11 heteroatoms. The predicted molar refractivity (Wildman–Crippen MR) is 125 cm³/mol. The first-order chi connectivity index (χ1) is 15.3. The first kappa shape index (κ1) is 25.3. The highest BCUT2D eigenvalue weighted by Crippen LogP contribution is 2.24. The monoisotopic (exact) mass is 495 g/mol. The van der Waals surface area contributed by atoms with Crippen molar-refractivity contribution in [2.24, 2.45) is 0 Å². The lowest BCUT2D eigenvalue weighted by molar-refractivity contribution is -0.0440. The zero-order chi connectivity index (χ0) is 24.6. The summed E-state index contributed by atoms with van der Waals surface area (Å²) < 4.78 is 59.4. The fourth-order valence-electron chi connectivity index (χ4n) is 3.63. The van der Waals surface area contributed by atoms with Gasteiger partial charge >= 0.3 is 0 Å². The molecule has 0 aliphatic carbocycles. The quantitative estimate of drug-likeness (QED) is 0.658. The van der Waals surface area contributed by atoms with Crippen LogP contribution in [-0.4, -0.2) is 70.7 Å². The van der Waals surface area contributed by atoms with Crippen LogP contribution in [0.25, 0.3) is 0 Å². The number of amides is 1. The summed E-state index contributed by atoms with van der Waals surface area (Å²) in [6.45, 7) is 5.76. The Bertz CT molecular complexity index is 1250. The van der Waals surface area contributed by atoms with E-state index in [4.69, 9.17) is 4.74 Å². The van der Waals surface area contributed by atoms with Crippen LogP contribution in [0.5, 0.6) is 0 Å². The van der Waals surface area contributed by atoms with Crippen LogP contribution in [-0.2, 0) is 24.8 Å². The van der Waals surface area contributed by atoms with Gasteiger partial charge in [0.1, 0.15) is 0 Å². The summed E-state index contributed by atoms with van der Waals surface area (Å²) in [6.07, 6.45) is -0.464. The molecule has 2 atom stereocenters. The second kappa shape index (κ2) is 9.51. The van der Waals surface area contributed by atoms with Crippen molar-refractivity contribution in [2.45, 2.75) is 42.8 Å².